The third-order valence-electron chi connectivity index (χ3n) is 5.63. The van der Waals surface area contributed by atoms with Gasteiger partial charge in [0.15, 0.2) is 12.6 Å². The Balaban J connectivity index is 1.91. The Morgan fingerprint density at radius 2 is 2.28 bits per heavy atom. The zero-order valence-electron chi connectivity index (χ0n) is 16.9. The number of anilines is 1. The van der Waals surface area contributed by atoms with Gasteiger partial charge in [0.2, 0.25) is 5.91 Å². The van der Waals surface area contributed by atoms with Crippen LogP contribution in [0.5, 0.6) is 5.75 Å². The highest BCUT2D eigenvalue weighted by molar-refractivity contribution is 5.94. The van der Waals surface area contributed by atoms with Crippen LogP contribution in [0.3, 0.4) is 0 Å². The maximum absolute atomic E-state index is 14.7. The van der Waals surface area contributed by atoms with Crippen molar-refractivity contribution in [1.29, 1.82) is 0 Å². The smallest absolute Gasteiger partial charge is 0.221 e. The molecule has 0 bridgehead atoms. The van der Waals surface area contributed by atoms with E-state index in [1.807, 2.05) is 6.92 Å². The van der Waals surface area contributed by atoms with Gasteiger partial charge in [-0.05, 0) is 36.8 Å². The summed E-state index contributed by atoms with van der Waals surface area (Å²) in [5, 5.41) is 2.67. The van der Waals surface area contributed by atoms with Crippen molar-refractivity contribution in [2.75, 3.05) is 19.2 Å². The number of fused-ring (bicyclic) bond motifs is 1. The Morgan fingerprint density at radius 3 is 2.93 bits per heavy atom. The first-order chi connectivity index (χ1) is 13.8. The molecule has 1 aromatic carbocycles. The largest absolute Gasteiger partial charge is 0.494 e. The first-order valence-corrected chi connectivity index (χ1v) is 9.58. The van der Waals surface area contributed by atoms with E-state index in [9.17, 15) is 14.0 Å². The van der Waals surface area contributed by atoms with Crippen LogP contribution in [0, 0.1) is 17.7 Å². The minimum atomic E-state index is -0.790. The van der Waals surface area contributed by atoms with E-state index in [0.29, 0.717) is 36.3 Å². The molecule has 156 valence electrons. The topological polar surface area (TPSA) is 73.9 Å². The Hall–Kier alpha value is -2.67. The van der Waals surface area contributed by atoms with Crippen LogP contribution >= 0.6 is 0 Å². The van der Waals surface area contributed by atoms with Gasteiger partial charge in [0.1, 0.15) is 22.9 Å². The molecule has 3 atom stereocenters. The summed E-state index contributed by atoms with van der Waals surface area (Å²) in [5.74, 6) is -0.368. The van der Waals surface area contributed by atoms with E-state index >= 15 is 0 Å². The lowest BCUT2D eigenvalue weighted by molar-refractivity contribution is -0.123. The first kappa shape index (κ1) is 21.0. The van der Waals surface area contributed by atoms with Crippen LogP contribution in [0.2, 0.25) is 0 Å². The van der Waals surface area contributed by atoms with Crippen molar-refractivity contribution in [3.05, 3.63) is 48.0 Å². The predicted octanol–water partition coefficient (Wildman–Crippen LogP) is 3.76. The number of ether oxygens (including phenoxy) is 3. The standard InChI is InChI=1S/C22H26FNO5/c1-5-6-15-11-22(21(10-19(15)26)28-12-29-22)13(2)7-16-8-18(24-14(3)25)20(27-4)9-17(16)23/h5,8-10,13,15H,1,6-7,11-12H2,2-4H3,(H,24,25)/t13-,15+,22-/m1/s1. The third-order valence-corrected chi connectivity index (χ3v) is 5.63. The maximum atomic E-state index is 14.7. The van der Waals surface area contributed by atoms with E-state index in [1.165, 1.54) is 26.2 Å². The summed E-state index contributed by atoms with van der Waals surface area (Å²) in [6.45, 7) is 7.12. The number of hydrogen-bond donors (Lipinski definition) is 1. The summed E-state index contributed by atoms with van der Waals surface area (Å²) < 4.78 is 31.5. The molecule has 0 spiro atoms. The summed E-state index contributed by atoms with van der Waals surface area (Å²) in [4.78, 5) is 23.8. The number of ketones is 1. The van der Waals surface area contributed by atoms with Crippen molar-refractivity contribution in [3.8, 4) is 5.75 Å². The summed E-state index contributed by atoms with van der Waals surface area (Å²) in [7, 11) is 1.42. The van der Waals surface area contributed by atoms with Crippen LogP contribution in [0.25, 0.3) is 0 Å². The van der Waals surface area contributed by atoms with E-state index in [4.69, 9.17) is 14.2 Å². The molecule has 1 saturated heterocycles. The molecule has 1 N–H and O–H groups in total. The minimum absolute atomic E-state index is 0.00297. The number of allylic oxidation sites excluding steroid dienone is 2. The van der Waals surface area contributed by atoms with Gasteiger partial charge in [0.25, 0.3) is 0 Å². The molecule has 29 heavy (non-hydrogen) atoms. The Labute approximate surface area is 169 Å². The average Bonchev–Trinajstić information content (AvgIpc) is 3.08. The highest BCUT2D eigenvalue weighted by Gasteiger charge is 2.51. The molecule has 1 aromatic rings. The average molecular weight is 403 g/mol. The fraction of sp³-hybridized carbons (Fsp3) is 0.455. The molecule has 1 heterocycles. The van der Waals surface area contributed by atoms with Crippen molar-refractivity contribution < 1.29 is 28.2 Å². The van der Waals surface area contributed by atoms with Crippen molar-refractivity contribution in [3.63, 3.8) is 0 Å². The van der Waals surface area contributed by atoms with Crippen LogP contribution < -0.4 is 10.1 Å². The summed E-state index contributed by atoms with van der Waals surface area (Å²) in [6.07, 6.45) is 4.57. The molecule has 0 saturated carbocycles. The number of nitrogens with one attached hydrogen (secondary N) is 1. The number of halogens is 1. The van der Waals surface area contributed by atoms with Gasteiger partial charge in [-0.25, -0.2) is 4.39 Å². The molecule has 3 rings (SSSR count). The van der Waals surface area contributed by atoms with Crippen LogP contribution in [-0.4, -0.2) is 31.2 Å². The maximum Gasteiger partial charge on any atom is 0.221 e. The zero-order chi connectivity index (χ0) is 21.2. The molecule has 0 aromatic heterocycles. The third kappa shape index (κ3) is 4.05. The number of hydrogen-bond acceptors (Lipinski definition) is 5. The number of benzene rings is 1. The van der Waals surface area contributed by atoms with Crippen LogP contribution in [0.1, 0.15) is 32.3 Å². The normalized spacial score (nSPS) is 24.2. The molecule has 1 aliphatic heterocycles. The van der Waals surface area contributed by atoms with Crippen molar-refractivity contribution in [1.82, 2.24) is 0 Å². The number of methoxy groups -OCH3 is 1. The van der Waals surface area contributed by atoms with Crippen molar-refractivity contribution in [2.45, 2.75) is 38.7 Å². The number of carbonyl (C=O) groups is 2. The fourth-order valence-electron chi connectivity index (χ4n) is 4.12. The van der Waals surface area contributed by atoms with Gasteiger partial charge in [0, 0.05) is 25.0 Å². The van der Waals surface area contributed by atoms with Crippen molar-refractivity contribution >= 4 is 17.4 Å². The molecular formula is C22H26FNO5. The predicted molar refractivity (Wildman–Crippen MR) is 106 cm³/mol. The lowest BCUT2D eigenvalue weighted by Gasteiger charge is -2.38. The van der Waals surface area contributed by atoms with Crippen LogP contribution in [0.15, 0.2) is 36.6 Å². The summed E-state index contributed by atoms with van der Waals surface area (Å²) in [6, 6.07) is 2.84. The lowest BCUT2D eigenvalue weighted by atomic mass is 9.71. The van der Waals surface area contributed by atoms with Gasteiger partial charge in [-0.2, -0.15) is 0 Å². The van der Waals surface area contributed by atoms with E-state index in [1.54, 1.807) is 12.1 Å². The van der Waals surface area contributed by atoms with Gasteiger partial charge in [-0.15, -0.1) is 6.58 Å². The second-order valence-electron chi connectivity index (χ2n) is 7.56. The lowest BCUT2D eigenvalue weighted by Crippen LogP contribution is -2.45. The van der Waals surface area contributed by atoms with Gasteiger partial charge in [-0.3, -0.25) is 9.59 Å². The monoisotopic (exact) mass is 403 g/mol. The van der Waals surface area contributed by atoms with Crippen LogP contribution in [-0.2, 0) is 25.5 Å². The molecule has 0 radical (unpaired) electrons. The summed E-state index contributed by atoms with van der Waals surface area (Å²) in [5.41, 5.74) is 0.0366. The van der Waals surface area contributed by atoms with E-state index < -0.39 is 11.4 Å². The van der Waals surface area contributed by atoms with Gasteiger partial charge >= 0.3 is 0 Å². The Kier molecular flexibility index (Phi) is 6.07. The molecule has 7 heteroatoms. The molecular weight excluding hydrogens is 377 g/mol. The van der Waals surface area contributed by atoms with Crippen LogP contribution in [0.4, 0.5) is 10.1 Å². The Bertz CT molecular complexity index is 865. The highest BCUT2D eigenvalue weighted by atomic mass is 19.1. The molecule has 2 aliphatic rings. The molecule has 1 aliphatic carbocycles. The molecule has 1 amide bonds. The fourth-order valence-corrected chi connectivity index (χ4v) is 4.12. The highest BCUT2D eigenvalue weighted by Crippen LogP contribution is 2.46. The SMILES string of the molecule is C=CC[C@H]1C[C@]2([C@H](C)Cc3cc(NC(C)=O)c(OC)cc3F)OCOC2=CC1=O. The quantitative estimate of drug-likeness (QED) is 0.702. The van der Waals surface area contributed by atoms with E-state index in [0.717, 1.165) is 0 Å². The second-order valence-corrected chi connectivity index (χ2v) is 7.56. The van der Waals surface area contributed by atoms with E-state index in [-0.39, 0.29) is 36.1 Å². The number of carbonyl (C=O) groups excluding carboxylic acids is 2. The van der Waals surface area contributed by atoms with Gasteiger partial charge < -0.3 is 19.5 Å². The summed E-state index contributed by atoms with van der Waals surface area (Å²) >= 11 is 0. The Morgan fingerprint density at radius 1 is 1.52 bits per heavy atom. The molecule has 6 nitrogen and oxygen atoms in total. The minimum Gasteiger partial charge on any atom is -0.494 e. The second kappa shape index (κ2) is 8.37. The van der Waals surface area contributed by atoms with E-state index in [2.05, 4.69) is 11.9 Å². The first-order valence-electron chi connectivity index (χ1n) is 9.58. The molecule has 0 unspecified atom stereocenters. The van der Waals surface area contributed by atoms with Crippen molar-refractivity contribution in [2.24, 2.45) is 11.8 Å². The zero-order valence-corrected chi connectivity index (χ0v) is 16.9. The van der Waals surface area contributed by atoms with Gasteiger partial charge in [-0.1, -0.05) is 13.0 Å². The number of amides is 1. The number of rotatable bonds is 7. The van der Waals surface area contributed by atoms with Gasteiger partial charge in [0.05, 0.1) is 12.8 Å². The molecule has 1 fully saturated rings.